The maximum atomic E-state index is 6.39. The number of rotatable bonds is 4. The normalized spacial score (nSPS) is 15.6. The summed E-state index contributed by atoms with van der Waals surface area (Å²) in [7, 11) is 1.68. The molecule has 3 nitrogen and oxygen atoms in total. The molecule has 0 radical (unpaired) electrons. The summed E-state index contributed by atoms with van der Waals surface area (Å²) in [6.45, 7) is 2.96. The monoisotopic (exact) mass is 304 g/mol. The Morgan fingerprint density at radius 3 is 2.76 bits per heavy atom. The summed E-state index contributed by atoms with van der Waals surface area (Å²) in [5.41, 5.74) is 3.08. The van der Waals surface area contributed by atoms with Gasteiger partial charge in [-0.3, -0.25) is 4.98 Å². The number of benzene rings is 1. The smallest absolute Gasteiger partial charge is 0.130 e. The summed E-state index contributed by atoms with van der Waals surface area (Å²) >= 11 is 6.39. The van der Waals surface area contributed by atoms with Crippen LogP contribution in [0.25, 0.3) is 10.9 Å². The van der Waals surface area contributed by atoms with Crippen molar-refractivity contribution in [1.82, 2.24) is 4.98 Å². The lowest BCUT2D eigenvalue weighted by atomic mass is 10.0. The van der Waals surface area contributed by atoms with Crippen molar-refractivity contribution >= 4 is 28.2 Å². The quantitative estimate of drug-likeness (QED) is 0.864. The van der Waals surface area contributed by atoms with E-state index >= 15 is 0 Å². The summed E-state index contributed by atoms with van der Waals surface area (Å²) in [6.07, 6.45) is 5.05. The molecule has 112 valence electrons. The van der Waals surface area contributed by atoms with Gasteiger partial charge in [0.1, 0.15) is 5.75 Å². The minimum atomic E-state index is 0.564. The number of methoxy groups -OCH3 is 1. The summed E-state index contributed by atoms with van der Waals surface area (Å²) in [6, 6.07) is 5.95. The van der Waals surface area contributed by atoms with Crippen molar-refractivity contribution < 1.29 is 4.74 Å². The predicted octanol–water partition coefficient (Wildman–Crippen LogP) is 4.99. The van der Waals surface area contributed by atoms with Crippen LogP contribution < -0.4 is 10.1 Å². The third kappa shape index (κ3) is 2.67. The highest BCUT2D eigenvalue weighted by atomic mass is 35.5. The van der Waals surface area contributed by atoms with Crippen molar-refractivity contribution in [1.29, 1.82) is 0 Å². The van der Waals surface area contributed by atoms with E-state index in [0.29, 0.717) is 10.9 Å². The fourth-order valence-electron chi connectivity index (χ4n) is 3.23. The van der Waals surface area contributed by atoms with Crippen LogP contribution >= 0.6 is 11.6 Å². The number of hydrogen-bond acceptors (Lipinski definition) is 3. The predicted molar refractivity (Wildman–Crippen MR) is 88.7 cm³/mol. The maximum absolute atomic E-state index is 6.39. The van der Waals surface area contributed by atoms with Crippen LogP contribution in [0.1, 0.15) is 44.2 Å². The molecule has 0 atom stereocenters. The third-order valence-electron chi connectivity index (χ3n) is 4.25. The van der Waals surface area contributed by atoms with Crippen molar-refractivity contribution in [3.8, 4) is 5.75 Å². The van der Waals surface area contributed by atoms with Gasteiger partial charge in [-0.2, -0.15) is 0 Å². The first-order chi connectivity index (χ1) is 10.2. The summed E-state index contributed by atoms with van der Waals surface area (Å²) in [5, 5.41) is 5.10. The van der Waals surface area contributed by atoms with Crippen LogP contribution in [0.15, 0.2) is 18.2 Å². The molecule has 0 amide bonds. The molecule has 1 aliphatic rings. The second kappa shape index (κ2) is 6.10. The van der Waals surface area contributed by atoms with Crippen LogP contribution in [0.5, 0.6) is 5.75 Å². The minimum absolute atomic E-state index is 0.564. The van der Waals surface area contributed by atoms with E-state index in [1.54, 1.807) is 7.11 Å². The second-order valence-electron chi connectivity index (χ2n) is 5.58. The molecule has 1 aromatic carbocycles. The van der Waals surface area contributed by atoms with E-state index < -0.39 is 0 Å². The molecule has 1 aromatic heterocycles. The Balaban J connectivity index is 2.22. The molecule has 0 unspecified atom stereocenters. The Labute approximate surface area is 130 Å². The van der Waals surface area contributed by atoms with Crippen molar-refractivity contribution in [3.05, 3.63) is 28.9 Å². The van der Waals surface area contributed by atoms with Crippen LogP contribution in [-0.4, -0.2) is 18.6 Å². The molecule has 0 saturated heterocycles. The molecular formula is C17H21ClN2O. The van der Waals surface area contributed by atoms with Gasteiger partial charge in [-0.25, -0.2) is 0 Å². The molecule has 1 N–H and O–H groups in total. The van der Waals surface area contributed by atoms with Gasteiger partial charge in [-0.15, -0.1) is 0 Å². The first-order valence-electron chi connectivity index (χ1n) is 7.65. The van der Waals surface area contributed by atoms with Gasteiger partial charge in [0.15, 0.2) is 0 Å². The summed E-state index contributed by atoms with van der Waals surface area (Å²) in [5.74, 6) is 1.38. The standard InChI is InChI=1S/C17H21ClN2O/c1-3-19-14-10-13(11-6-4-5-7-11)20-17-12(18)8-9-15(21-2)16(14)17/h8-11H,3-7H2,1-2H3,(H,19,20). The minimum Gasteiger partial charge on any atom is -0.496 e. The first-order valence-corrected chi connectivity index (χ1v) is 8.03. The van der Waals surface area contributed by atoms with Gasteiger partial charge >= 0.3 is 0 Å². The Morgan fingerprint density at radius 1 is 1.33 bits per heavy atom. The fourth-order valence-corrected chi connectivity index (χ4v) is 3.43. The van der Waals surface area contributed by atoms with E-state index in [1.165, 1.54) is 25.7 Å². The number of nitrogens with zero attached hydrogens (tertiary/aromatic N) is 1. The maximum Gasteiger partial charge on any atom is 0.130 e. The van der Waals surface area contributed by atoms with Gasteiger partial charge in [0.05, 0.1) is 23.0 Å². The van der Waals surface area contributed by atoms with Gasteiger partial charge < -0.3 is 10.1 Å². The Morgan fingerprint density at radius 2 is 2.10 bits per heavy atom. The second-order valence-corrected chi connectivity index (χ2v) is 5.99. The highest BCUT2D eigenvalue weighted by molar-refractivity contribution is 6.35. The summed E-state index contributed by atoms with van der Waals surface area (Å²) < 4.78 is 5.50. The highest BCUT2D eigenvalue weighted by Crippen LogP contribution is 2.40. The number of hydrogen-bond donors (Lipinski definition) is 1. The molecule has 21 heavy (non-hydrogen) atoms. The number of halogens is 1. The zero-order valence-electron chi connectivity index (χ0n) is 12.6. The van der Waals surface area contributed by atoms with Crippen molar-refractivity contribution in [2.24, 2.45) is 0 Å². The van der Waals surface area contributed by atoms with Gasteiger partial charge in [0.25, 0.3) is 0 Å². The lowest BCUT2D eigenvalue weighted by molar-refractivity contribution is 0.420. The number of fused-ring (bicyclic) bond motifs is 1. The fraction of sp³-hybridized carbons (Fsp3) is 0.471. The van der Waals surface area contributed by atoms with E-state index in [1.807, 2.05) is 12.1 Å². The van der Waals surface area contributed by atoms with Crippen LogP contribution in [0, 0.1) is 0 Å². The van der Waals surface area contributed by atoms with Gasteiger partial charge in [-0.05, 0) is 38.0 Å². The first kappa shape index (κ1) is 14.5. The van der Waals surface area contributed by atoms with Crippen LogP contribution in [-0.2, 0) is 0 Å². The van der Waals surface area contributed by atoms with Crippen molar-refractivity contribution in [3.63, 3.8) is 0 Å². The van der Waals surface area contributed by atoms with E-state index in [-0.39, 0.29) is 0 Å². The number of pyridine rings is 1. The molecule has 4 heteroatoms. The van der Waals surface area contributed by atoms with E-state index in [4.69, 9.17) is 21.3 Å². The largest absolute Gasteiger partial charge is 0.496 e. The average Bonchev–Trinajstić information content (AvgIpc) is 3.02. The molecule has 1 saturated carbocycles. The molecule has 1 heterocycles. The molecule has 3 rings (SSSR count). The van der Waals surface area contributed by atoms with Crippen molar-refractivity contribution in [2.75, 3.05) is 19.0 Å². The Kier molecular flexibility index (Phi) is 4.20. The molecule has 0 bridgehead atoms. The lowest BCUT2D eigenvalue weighted by Gasteiger charge is -2.17. The zero-order valence-corrected chi connectivity index (χ0v) is 13.3. The topological polar surface area (TPSA) is 34.2 Å². The van der Waals surface area contributed by atoms with Crippen LogP contribution in [0.4, 0.5) is 5.69 Å². The Hall–Kier alpha value is -1.48. The van der Waals surface area contributed by atoms with Crippen LogP contribution in [0.3, 0.4) is 0 Å². The lowest BCUT2D eigenvalue weighted by Crippen LogP contribution is -2.04. The number of nitrogens with one attached hydrogen (secondary N) is 1. The highest BCUT2D eigenvalue weighted by Gasteiger charge is 2.21. The summed E-state index contributed by atoms with van der Waals surface area (Å²) in [4.78, 5) is 4.86. The van der Waals surface area contributed by atoms with E-state index in [2.05, 4.69) is 18.3 Å². The average molecular weight is 305 g/mol. The number of anilines is 1. The molecule has 0 spiro atoms. The van der Waals surface area contributed by atoms with Crippen LogP contribution in [0.2, 0.25) is 5.02 Å². The van der Waals surface area contributed by atoms with E-state index in [0.717, 1.165) is 34.6 Å². The SMILES string of the molecule is CCNc1cc(C2CCCC2)nc2c(Cl)ccc(OC)c12. The van der Waals surface area contributed by atoms with Gasteiger partial charge in [-0.1, -0.05) is 24.4 Å². The van der Waals surface area contributed by atoms with Gasteiger partial charge in [0.2, 0.25) is 0 Å². The molecule has 1 aliphatic carbocycles. The zero-order chi connectivity index (χ0) is 14.8. The number of aromatic nitrogens is 1. The molecule has 1 fully saturated rings. The Bertz CT molecular complexity index is 651. The van der Waals surface area contributed by atoms with E-state index in [9.17, 15) is 0 Å². The molecule has 0 aliphatic heterocycles. The molecular weight excluding hydrogens is 284 g/mol. The van der Waals surface area contributed by atoms with Crippen molar-refractivity contribution in [2.45, 2.75) is 38.5 Å². The van der Waals surface area contributed by atoms with Gasteiger partial charge in [0, 0.05) is 23.8 Å². The number of ether oxygens (including phenoxy) is 1. The third-order valence-corrected chi connectivity index (χ3v) is 4.56. The molecule has 2 aromatic rings.